The van der Waals surface area contributed by atoms with Gasteiger partial charge in [-0.3, -0.25) is 0 Å². The van der Waals surface area contributed by atoms with Crippen LogP contribution >= 0.6 is 0 Å². The first-order valence-electron chi connectivity index (χ1n) is 39.7. The van der Waals surface area contributed by atoms with Crippen LogP contribution in [0.4, 0.5) is 73.9 Å². The zero-order valence-electron chi connectivity index (χ0n) is 63.0. The van der Waals surface area contributed by atoms with Crippen molar-refractivity contribution < 1.29 is 0 Å². The van der Waals surface area contributed by atoms with Crippen molar-refractivity contribution in [2.45, 2.75) is 0 Å². The highest BCUT2D eigenvalue weighted by Gasteiger charge is 2.54. The van der Waals surface area contributed by atoms with Crippen molar-refractivity contribution in [3.63, 3.8) is 0 Å². The minimum absolute atomic E-state index is 0.299. The van der Waals surface area contributed by atoms with E-state index in [-0.39, 0.29) is 13.7 Å². The number of benzene rings is 18. The van der Waals surface area contributed by atoms with Crippen LogP contribution in [0.25, 0.3) is 100 Å². The van der Waals surface area contributed by atoms with E-state index in [1.807, 2.05) is 0 Å². The molecule has 7 heteroatoms. The Hall–Kier alpha value is -14.9. The van der Waals surface area contributed by atoms with Crippen LogP contribution in [-0.2, 0) is 0 Å². The molecule has 18 aromatic rings. The summed E-state index contributed by atoms with van der Waals surface area (Å²) in [6, 6.07) is 165. The molecule has 0 N–H and O–H groups in total. The van der Waals surface area contributed by atoms with Gasteiger partial charge in [0.15, 0.2) is 0 Å². The molecule has 115 heavy (non-hydrogen) atoms. The fourth-order valence-corrected chi connectivity index (χ4v) is 18.6. The van der Waals surface area contributed by atoms with Gasteiger partial charge in [-0.15, -0.1) is 0 Å². The van der Waals surface area contributed by atoms with Crippen LogP contribution in [0.2, 0.25) is 0 Å². The lowest BCUT2D eigenvalue weighted by atomic mass is 9.32. The highest BCUT2D eigenvalue weighted by atomic mass is 15.2. The Morgan fingerprint density at radius 3 is 0.739 bits per heavy atom. The minimum Gasteiger partial charge on any atom is -0.444 e. The molecule has 18 aromatic carbocycles. The van der Waals surface area contributed by atoms with Crippen LogP contribution < -0.4 is 46.2 Å². The van der Waals surface area contributed by atoms with Gasteiger partial charge in [-0.2, -0.15) is 0 Å². The van der Waals surface area contributed by atoms with Crippen molar-refractivity contribution in [2.24, 2.45) is 0 Å². The van der Waals surface area contributed by atoms with Crippen LogP contribution in [0, 0.1) is 0 Å². The van der Waals surface area contributed by atoms with Crippen molar-refractivity contribution >= 4 is 109 Å². The lowest BCUT2D eigenvalue weighted by Crippen LogP contribution is -2.74. The van der Waals surface area contributed by atoms with Gasteiger partial charge < -0.3 is 24.3 Å². The predicted octanol–water partition coefficient (Wildman–Crippen LogP) is 26.2. The maximum Gasteiger partial charge on any atom is 0.316 e. The maximum atomic E-state index is 2.88. The standard InChI is InChI=1S/C108H73B2N5/c1-10-32-74(33-11-1)81-54-58-90(59-55-81)111(92-64-83(76-36-14-3-15-37-76)62-84(65-92)77-38-16-4-17-39-77)94-70-96-98-68-87(80-44-22-7-23-45-80)69-99-97-71-95(112(91-60-56-82(57-61-91)75-34-12-2-13-35-75)93-66-85(78-40-18-5-19-41-78)63-86(67-93)79-42-20-6-21-43-79)73-105-107(97)110(101-51-29-31-53-103(101)114(105)89-48-26-9-27-49-89)115(108(98)99)109-100-50-28-30-52-102(100)113(104(72-94)106(96)109)88-46-24-8-25-47-88/h1-73H. The molecule has 0 atom stereocenters. The third-order valence-corrected chi connectivity index (χ3v) is 23.7. The molecule has 0 saturated carbocycles. The van der Waals surface area contributed by atoms with Gasteiger partial charge in [-0.1, -0.05) is 309 Å². The van der Waals surface area contributed by atoms with Crippen molar-refractivity contribution in [3.05, 3.63) is 443 Å². The van der Waals surface area contributed by atoms with E-state index >= 15 is 0 Å². The number of nitrogens with zero attached hydrogens (tertiary/aromatic N) is 5. The SMILES string of the molecule is c1ccc(-c2ccc(N(c3cc(-c4ccccc4)cc(-c4ccccc4)c3)c3cc4c5c(c3)N(c3ccccc3)c3ccccc3B5N3B5c6ccccc6N(c6ccccc6)c6cc(N(c7ccc(-c8ccccc8)cc7)c7cc(-c8ccccc8)cc(-c8ccccc8)c7)cc(c65)-c5cc(-c6ccccc6)cc-4c53)cc2)cc1. The number of fused-ring (bicyclic) bond motifs is 8. The smallest absolute Gasteiger partial charge is 0.316 e. The second-order valence-electron chi connectivity index (χ2n) is 30.3. The number of hydrogen-bond donors (Lipinski definition) is 0. The molecule has 0 unspecified atom stereocenters. The predicted molar refractivity (Wildman–Crippen MR) is 487 cm³/mol. The molecule has 0 radical (unpaired) electrons. The molecule has 0 aliphatic carbocycles. The summed E-state index contributed by atoms with van der Waals surface area (Å²) >= 11 is 0. The molecule has 0 aromatic heterocycles. The molecular weight excluding hydrogens is 1390 g/mol. The highest BCUT2D eigenvalue weighted by molar-refractivity contribution is 7.09. The highest BCUT2D eigenvalue weighted by Crippen LogP contribution is 2.57. The lowest BCUT2D eigenvalue weighted by Gasteiger charge is -2.53. The molecular formula is C108H73B2N5. The van der Waals surface area contributed by atoms with Crippen molar-refractivity contribution in [1.29, 1.82) is 0 Å². The fourth-order valence-electron chi connectivity index (χ4n) is 18.6. The van der Waals surface area contributed by atoms with E-state index in [4.69, 9.17) is 0 Å². The third-order valence-electron chi connectivity index (χ3n) is 23.7. The molecule has 0 spiro atoms. The molecule has 0 saturated heterocycles. The quantitative estimate of drug-likeness (QED) is 0.0948. The summed E-state index contributed by atoms with van der Waals surface area (Å²) < 4.78 is 2.88. The number of anilines is 13. The molecule has 4 heterocycles. The average Bonchev–Trinajstić information content (AvgIpc) is 0.668. The molecule has 0 fully saturated rings. The summed E-state index contributed by atoms with van der Waals surface area (Å²) in [6.45, 7) is -0.597. The second kappa shape index (κ2) is 28.1. The van der Waals surface area contributed by atoms with E-state index in [1.165, 1.54) is 49.8 Å². The minimum atomic E-state index is -0.299. The molecule has 4 aliphatic heterocycles. The Labute approximate surface area is 672 Å². The van der Waals surface area contributed by atoms with Crippen LogP contribution in [0.3, 0.4) is 0 Å². The monoisotopic (exact) mass is 1460 g/mol. The summed E-state index contributed by atoms with van der Waals surface area (Å²) in [4.78, 5) is 10.2. The van der Waals surface area contributed by atoms with E-state index in [0.29, 0.717) is 0 Å². The first-order chi connectivity index (χ1) is 57.0. The molecule has 4 aliphatic rings. The summed E-state index contributed by atoms with van der Waals surface area (Å²) in [5, 5.41) is 0. The van der Waals surface area contributed by atoms with Crippen LogP contribution in [0.5, 0.6) is 0 Å². The Bertz CT molecular complexity index is 6200. The van der Waals surface area contributed by atoms with Crippen LogP contribution in [-0.4, -0.2) is 13.7 Å². The summed E-state index contributed by atoms with van der Waals surface area (Å²) in [7, 11) is 0. The maximum absolute atomic E-state index is 2.88. The number of para-hydroxylation sites is 4. The van der Waals surface area contributed by atoms with E-state index in [9.17, 15) is 0 Å². The third kappa shape index (κ3) is 11.7. The van der Waals surface area contributed by atoms with Gasteiger partial charge in [0.25, 0.3) is 0 Å². The first kappa shape index (κ1) is 67.0. The number of hydrogen-bond acceptors (Lipinski definition) is 5. The van der Waals surface area contributed by atoms with Gasteiger partial charge in [0.1, 0.15) is 0 Å². The average molecular weight is 1460 g/mol. The van der Waals surface area contributed by atoms with Crippen molar-refractivity contribution in [2.75, 3.05) is 24.3 Å². The summed E-state index contributed by atoms with van der Waals surface area (Å²) in [5.74, 6) is 0. The topological polar surface area (TPSA) is 16.2 Å². The molecule has 536 valence electrons. The Morgan fingerprint density at radius 2 is 0.426 bits per heavy atom. The van der Waals surface area contributed by atoms with Crippen molar-refractivity contribution in [1.82, 2.24) is 0 Å². The van der Waals surface area contributed by atoms with E-state index in [2.05, 4.69) is 467 Å². The fraction of sp³-hybridized carbons (Fsp3) is 0. The Kier molecular flexibility index (Phi) is 16.4. The molecule has 0 bridgehead atoms. The zero-order chi connectivity index (χ0) is 75.9. The van der Waals surface area contributed by atoms with E-state index in [1.54, 1.807) is 0 Å². The van der Waals surface area contributed by atoms with Gasteiger partial charge in [-0.25, -0.2) is 0 Å². The van der Waals surface area contributed by atoms with E-state index in [0.717, 1.165) is 146 Å². The van der Waals surface area contributed by atoms with E-state index < -0.39 is 0 Å². The summed E-state index contributed by atoms with van der Waals surface area (Å²) in [5.41, 5.74) is 39.7. The second-order valence-corrected chi connectivity index (χ2v) is 30.3. The van der Waals surface area contributed by atoms with Gasteiger partial charge >= 0.3 is 13.7 Å². The molecule has 0 amide bonds. The first-order valence-corrected chi connectivity index (χ1v) is 39.7. The zero-order valence-corrected chi connectivity index (χ0v) is 63.0. The van der Waals surface area contributed by atoms with Crippen LogP contribution in [0.15, 0.2) is 443 Å². The van der Waals surface area contributed by atoms with Gasteiger partial charge in [0, 0.05) is 85.1 Å². The molecule has 22 rings (SSSR count). The van der Waals surface area contributed by atoms with Gasteiger partial charge in [-0.05, 0) is 244 Å². The Balaban J connectivity index is 0.865. The number of rotatable bonds is 15. The Morgan fingerprint density at radius 1 is 0.174 bits per heavy atom. The van der Waals surface area contributed by atoms with Crippen LogP contribution in [0.1, 0.15) is 0 Å². The van der Waals surface area contributed by atoms with Gasteiger partial charge in [0.2, 0.25) is 0 Å². The normalized spacial score (nSPS) is 12.4. The largest absolute Gasteiger partial charge is 0.444 e. The molecule has 5 nitrogen and oxygen atoms in total. The summed E-state index contributed by atoms with van der Waals surface area (Å²) in [6.07, 6.45) is 0. The van der Waals surface area contributed by atoms with Crippen molar-refractivity contribution in [3.8, 4) is 100 Å². The lowest BCUT2D eigenvalue weighted by molar-refractivity contribution is 1.24. The van der Waals surface area contributed by atoms with Gasteiger partial charge in [0.05, 0.1) is 0 Å².